The first-order chi connectivity index (χ1) is 12.0. The van der Waals surface area contributed by atoms with Crippen molar-refractivity contribution in [2.24, 2.45) is 5.92 Å². The number of hydrogen-bond donors (Lipinski definition) is 1. The highest BCUT2D eigenvalue weighted by Crippen LogP contribution is 2.31. The maximum Gasteiger partial charge on any atom is 0.229 e. The van der Waals surface area contributed by atoms with E-state index in [-0.39, 0.29) is 18.2 Å². The molecule has 2 aromatic rings. The Morgan fingerprint density at radius 3 is 2.52 bits per heavy atom. The third-order valence-corrected chi connectivity index (χ3v) is 5.05. The first kappa shape index (κ1) is 17.8. The molecule has 1 heterocycles. The highest BCUT2D eigenvalue weighted by Gasteiger charge is 2.34. The molecular weight excluding hydrogens is 359 g/mol. The Hall–Kier alpha value is -2.04. The van der Waals surface area contributed by atoms with Gasteiger partial charge in [-0.1, -0.05) is 53.5 Å². The van der Waals surface area contributed by atoms with Crippen LogP contribution < -0.4 is 5.32 Å². The molecule has 3 rings (SSSR count). The fourth-order valence-electron chi connectivity index (χ4n) is 2.94. The van der Waals surface area contributed by atoms with Gasteiger partial charge >= 0.3 is 0 Å². The van der Waals surface area contributed by atoms with E-state index in [0.29, 0.717) is 28.8 Å². The minimum atomic E-state index is -0.413. The van der Waals surface area contributed by atoms with Gasteiger partial charge in [0.2, 0.25) is 11.8 Å². The SMILES string of the molecule is Cc1ccccc1CN1CC(C(=O)Nc2c(Cl)cccc2Cl)CC1=O. The van der Waals surface area contributed by atoms with Crippen LogP contribution in [0.5, 0.6) is 0 Å². The summed E-state index contributed by atoms with van der Waals surface area (Å²) < 4.78 is 0. The van der Waals surface area contributed by atoms with Crippen molar-refractivity contribution >= 4 is 40.7 Å². The fraction of sp³-hybridized carbons (Fsp3) is 0.263. The summed E-state index contributed by atoms with van der Waals surface area (Å²) in [7, 11) is 0. The number of nitrogens with zero attached hydrogens (tertiary/aromatic N) is 1. The molecule has 2 aromatic carbocycles. The summed E-state index contributed by atoms with van der Waals surface area (Å²) >= 11 is 12.2. The van der Waals surface area contributed by atoms with Crippen molar-refractivity contribution < 1.29 is 9.59 Å². The monoisotopic (exact) mass is 376 g/mol. The molecule has 1 atom stereocenters. The van der Waals surface area contributed by atoms with Gasteiger partial charge in [-0.3, -0.25) is 9.59 Å². The number of anilines is 1. The van der Waals surface area contributed by atoms with E-state index in [9.17, 15) is 9.59 Å². The van der Waals surface area contributed by atoms with Gasteiger partial charge in [-0.15, -0.1) is 0 Å². The Kier molecular flexibility index (Phi) is 5.30. The number of benzene rings is 2. The van der Waals surface area contributed by atoms with Crippen LogP contribution in [0.4, 0.5) is 5.69 Å². The van der Waals surface area contributed by atoms with Gasteiger partial charge in [-0.25, -0.2) is 0 Å². The number of carbonyl (C=O) groups is 2. The van der Waals surface area contributed by atoms with Crippen LogP contribution in [-0.2, 0) is 16.1 Å². The smallest absolute Gasteiger partial charge is 0.229 e. The molecule has 1 unspecified atom stereocenters. The van der Waals surface area contributed by atoms with Crippen molar-refractivity contribution in [3.63, 3.8) is 0 Å². The molecule has 0 radical (unpaired) electrons. The summed E-state index contributed by atoms with van der Waals surface area (Å²) in [6.07, 6.45) is 0.194. The Bertz CT molecular complexity index is 803. The summed E-state index contributed by atoms with van der Waals surface area (Å²) in [5.74, 6) is -0.673. The first-order valence-electron chi connectivity index (χ1n) is 8.03. The van der Waals surface area contributed by atoms with E-state index in [1.807, 2.05) is 31.2 Å². The zero-order valence-electron chi connectivity index (χ0n) is 13.8. The summed E-state index contributed by atoms with van der Waals surface area (Å²) in [5, 5.41) is 3.51. The molecule has 130 valence electrons. The normalized spacial score (nSPS) is 17.0. The molecule has 1 saturated heterocycles. The summed E-state index contributed by atoms with van der Waals surface area (Å²) in [6.45, 7) is 2.92. The van der Waals surface area contributed by atoms with E-state index >= 15 is 0 Å². The zero-order chi connectivity index (χ0) is 18.0. The predicted molar refractivity (Wildman–Crippen MR) is 99.8 cm³/mol. The average Bonchev–Trinajstić information content (AvgIpc) is 2.94. The molecule has 0 bridgehead atoms. The number of para-hydroxylation sites is 1. The van der Waals surface area contributed by atoms with Crippen molar-refractivity contribution in [3.05, 3.63) is 63.6 Å². The molecule has 4 nitrogen and oxygen atoms in total. The lowest BCUT2D eigenvalue weighted by Crippen LogP contribution is -2.28. The van der Waals surface area contributed by atoms with Gasteiger partial charge in [-0.2, -0.15) is 0 Å². The van der Waals surface area contributed by atoms with Crippen molar-refractivity contribution in [3.8, 4) is 0 Å². The van der Waals surface area contributed by atoms with Crippen LogP contribution in [0, 0.1) is 12.8 Å². The molecule has 0 saturated carbocycles. The van der Waals surface area contributed by atoms with Gasteiger partial charge in [-0.05, 0) is 30.2 Å². The van der Waals surface area contributed by atoms with Gasteiger partial charge in [0.05, 0.1) is 21.7 Å². The number of rotatable bonds is 4. The largest absolute Gasteiger partial charge is 0.338 e. The molecule has 0 aromatic heterocycles. The lowest BCUT2D eigenvalue weighted by Gasteiger charge is -2.18. The molecule has 1 aliphatic rings. The third kappa shape index (κ3) is 3.97. The lowest BCUT2D eigenvalue weighted by molar-refractivity contribution is -0.128. The lowest BCUT2D eigenvalue weighted by atomic mass is 10.1. The van der Waals surface area contributed by atoms with Crippen molar-refractivity contribution in [1.29, 1.82) is 0 Å². The summed E-state index contributed by atoms with van der Waals surface area (Å²) in [6, 6.07) is 13.0. The molecule has 6 heteroatoms. The minimum absolute atomic E-state index is 0.0198. The van der Waals surface area contributed by atoms with Crippen molar-refractivity contribution in [1.82, 2.24) is 4.90 Å². The highest BCUT2D eigenvalue weighted by molar-refractivity contribution is 6.39. The third-order valence-electron chi connectivity index (χ3n) is 4.42. The van der Waals surface area contributed by atoms with E-state index in [4.69, 9.17) is 23.2 Å². The highest BCUT2D eigenvalue weighted by atomic mass is 35.5. The molecule has 1 aliphatic heterocycles. The second kappa shape index (κ2) is 7.46. The van der Waals surface area contributed by atoms with Gasteiger partial charge < -0.3 is 10.2 Å². The van der Waals surface area contributed by atoms with Crippen LogP contribution in [0.15, 0.2) is 42.5 Å². The standard InChI is InChI=1S/C19H18Cl2N2O2/c1-12-5-2-3-6-13(12)10-23-11-14(9-17(23)24)19(25)22-18-15(20)7-4-8-16(18)21/h2-8,14H,9-11H2,1H3,(H,22,25). The van der Waals surface area contributed by atoms with E-state index in [1.165, 1.54) is 0 Å². The molecule has 0 spiro atoms. The van der Waals surface area contributed by atoms with Crippen molar-refractivity contribution in [2.75, 3.05) is 11.9 Å². The van der Waals surface area contributed by atoms with Gasteiger partial charge in [0.25, 0.3) is 0 Å². The first-order valence-corrected chi connectivity index (χ1v) is 8.78. The van der Waals surface area contributed by atoms with Crippen LogP contribution >= 0.6 is 23.2 Å². The zero-order valence-corrected chi connectivity index (χ0v) is 15.3. The second-order valence-electron chi connectivity index (χ2n) is 6.19. The van der Waals surface area contributed by atoms with E-state index in [2.05, 4.69) is 5.32 Å². The fourth-order valence-corrected chi connectivity index (χ4v) is 3.43. The number of halogens is 2. The van der Waals surface area contributed by atoms with Crippen LogP contribution in [0.1, 0.15) is 17.5 Å². The Morgan fingerprint density at radius 1 is 1.16 bits per heavy atom. The van der Waals surface area contributed by atoms with E-state index in [0.717, 1.165) is 11.1 Å². The van der Waals surface area contributed by atoms with E-state index in [1.54, 1.807) is 23.1 Å². The van der Waals surface area contributed by atoms with Gasteiger partial charge in [0, 0.05) is 19.5 Å². The number of hydrogen-bond acceptors (Lipinski definition) is 2. The van der Waals surface area contributed by atoms with Crippen LogP contribution in [0.2, 0.25) is 10.0 Å². The summed E-state index contributed by atoms with van der Waals surface area (Å²) in [4.78, 5) is 26.5. The second-order valence-corrected chi connectivity index (χ2v) is 7.00. The Balaban J connectivity index is 1.68. The van der Waals surface area contributed by atoms with Crippen molar-refractivity contribution in [2.45, 2.75) is 19.9 Å². The average molecular weight is 377 g/mol. The predicted octanol–water partition coefficient (Wildman–Crippen LogP) is 4.29. The Morgan fingerprint density at radius 2 is 1.84 bits per heavy atom. The number of amides is 2. The molecule has 1 N–H and O–H groups in total. The number of likely N-dealkylation sites (tertiary alicyclic amines) is 1. The maximum atomic E-state index is 12.5. The topological polar surface area (TPSA) is 49.4 Å². The van der Waals surface area contributed by atoms with Crippen LogP contribution in [0.25, 0.3) is 0 Å². The van der Waals surface area contributed by atoms with Gasteiger partial charge in [0.1, 0.15) is 0 Å². The minimum Gasteiger partial charge on any atom is -0.338 e. The maximum absolute atomic E-state index is 12.5. The molecule has 0 aliphatic carbocycles. The molecule has 2 amide bonds. The quantitative estimate of drug-likeness (QED) is 0.864. The summed E-state index contributed by atoms with van der Waals surface area (Å²) in [5.41, 5.74) is 2.61. The molecule has 1 fully saturated rings. The van der Waals surface area contributed by atoms with E-state index < -0.39 is 5.92 Å². The van der Waals surface area contributed by atoms with Crippen LogP contribution in [0.3, 0.4) is 0 Å². The Labute approximate surface area is 156 Å². The van der Waals surface area contributed by atoms with Crippen LogP contribution in [-0.4, -0.2) is 23.3 Å². The number of nitrogens with one attached hydrogen (secondary N) is 1. The number of aryl methyl sites for hydroxylation is 1. The number of carbonyl (C=O) groups excluding carboxylic acids is 2. The van der Waals surface area contributed by atoms with Gasteiger partial charge in [0.15, 0.2) is 0 Å². The molecular formula is C19H18Cl2N2O2. The molecule has 25 heavy (non-hydrogen) atoms.